The van der Waals surface area contributed by atoms with Crippen LogP contribution in [0.4, 0.5) is 0 Å². The number of nitrogens with zero attached hydrogens (tertiary/aromatic N) is 1. The summed E-state index contributed by atoms with van der Waals surface area (Å²) < 4.78 is 0. The highest BCUT2D eigenvalue weighted by atomic mass is 16.1. The Balaban J connectivity index is 2.26. The SMILES string of the molecule is CC(C)N(C)CCCCNC(=O)c1cccc(CN)c1. The Morgan fingerprint density at radius 2 is 2.10 bits per heavy atom. The van der Waals surface area contributed by atoms with Gasteiger partial charge >= 0.3 is 0 Å². The normalized spacial score (nSPS) is 11.1. The standard InChI is InChI=1S/C16H27N3O/c1-13(2)19(3)10-5-4-9-18-16(20)15-8-6-7-14(11-15)12-17/h6-8,11,13H,4-5,9-10,12,17H2,1-3H3,(H,18,20). The van der Waals surface area contributed by atoms with Gasteiger partial charge in [-0.05, 0) is 58.0 Å². The number of hydrogen-bond acceptors (Lipinski definition) is 3. The predicted molar refractivity (Wildman–Crippen MR) is 83.7 cm³/mol. The number of nitrogens with two attached hydrogens (primary N) is 1. The van der Waals surface area contributed by atoms with E-state index in [2.05, 4.69) is 31.1 Å². The van der Waals surface area contributed by atoms with E-state index in [1.807, 2.05) is 24.3 Å². The van der Waals surface area contributed by atoms with Crippen molar-refractivity contribution < 1.29 is 4.79 Å². The van der Waals surface area contributed by atoms with E-state index in [4.69, 9.17) is 5.73 Å². The number of hydrogen-bond donors (Lipinski definition) is 2. The minimum atomic E-state index is -0.0162. The topological polar surface area (TPSA) is 58.4 Å². The van der Waals surface area contributed by atoms with Crippen molar-refractivity contribution in [3.63, 3.8) is 0 Å². The molecular weight excluding hydrogens is 250 g/mol. The quantitative estimate of drug-likeness (QED) is 0.715. The summed E-state index contributed by atoms with van der Waals surface area (Å²) in [5.41, 5.74) is 7.24. The van der Waals surface area contributed by atoms with Crippen molar-refractivity contribution in [2.75, 3.05) is 20.1 Å². The van der Waals surface area contributed by atoms with Gasteiger partial charge in [0, 0.05) is 24.7 Å². The number of unbranched alkanes of at least 4 members (excludes halogenated alkanes) is 1. The van der Waals surface area contributed by atoms with Crippen LogP contribution in [0, 0.1) is 0 Å². The molecule has 112 valence electrons. The zero-order valence-corrected chi connectivity index (χ0v) is 12.9. The van der Waals surface area contributed by atoms with E-state index < -0.39 is 0 Å². The number of benzene rings is 1. The van der Waals surface area contributed by atoms with Gasteiger partial charge in [-0.1, -0.05) is 12.1 Å². The molecular formula is C16H27N3O. The number of carbonyl (C=O) groups excluding carboxylic acids is 1. The summed E-state index contributed by atoms with van der Waals surface area (Å²) in [6, 6.07) is 8.04. The molecule has 20 heavy (non-hydrogen) atoms. The summed E-state index contributed by atoms with van der Waals surface area (Å²) in [5, 5.41) is 2.95. The maximum atomic E-state index is 12.0. The molecule has 0 unspecified atom stereocenters. The van der Waals surface area contributed by atoms with Crippen LogP contribution in [0.25, 0.3) is 0 Å². The van der Waals surface area contributed by atoms with Gasteiger partial charge in [-0.2, -0.15) is 0 Å². The minimum absolute atomic E-state index is 0.0162. The van der Waals surface area contributed by atoms with Gasteiger partial charge in [-0.15, -0.1) is 0 Å². The van der Waals surface area contributed by atoms with Crippen molar-refractivity contribution in [1.29, 1.82) is 0 Å². The fourth-order valence-corrected chi connectivity index (χ4v) is 1.89. The first-order valence-corrected chi connectivity index (χ1v) is 7.32. The first-order valence-electron chi connectivity index (χ1n) is 7.32. The highest BCUT2D eigenvalue weighted by Gasteiger charge is 2.06. The second-order valence-corrected chi connectivity index (χ2v) is 5.44. The van der Waals surface area contributed by atoms with Crippen LogP contribution in [-0.4, -0.2) is 37.0 Å². The first-order chi connectivity index (χ1) is 9.54. The Morgan fingerprint density at radius 1 is 1.35 bits per heavy atom. The van der Waals surface area contributed by atoms with Crippen molar-refractivity contribution in [2.24, 2.45) is 5.73 Å². The van der Waals surface area contributed by atoms with Crippen LogP contribution in [0.1, 0.15) is 42.6 Å². The van der Waals surface area contributed by atoms with E-state index in [9.17, 15) is 4.79 Å². The van der Waals surface area contributed by atoms with Gasteiger partial charge < -0.3 is 16.0 Å². The number of amides is 1. The summed E-state index contributed by atoms with van der Waals surface area (Å²) in [6.45, 7) is 6.62. The Hall–Kier alpha value is -1.39. The Bertz CT molecular complexity index is 418. The van der Waals surface area contributed by atoms with Crippen molar-refractivity contribution >= 4 is 5.91 Å². The lowest BCUT2D eigenvalue weighted by Crippen LogP contribution is -2.29. The largest absolute Gasteiger partial charge is 0.352 e. The Labute approximate surface area is 122 Å². The van der Waals surface area contributed by atoms with Gasteiger partial charge in [0.15, 0.2) is 0 Å². The van der Waals surface area contributed by atoms with Gasteiger partial charge in [0.1, 0.15) is 0 Å². The molecule has 0 aliphatic carbocycles. The van der Waals surface area contributed by atoms with E-state index >= 15 is 0 Å². The van der Waals surface area contributed by atoms with Crippen molar-refractivity contribution in [1.82, 2.24) is 10.2 Å². The molecule has 0 atom stereocenters. The molecule has 0 saturated heterocycles. The van der Waals surface area contributed by atoms with E-state index in [0.29, 0.717) is 18.2 Å². The van der Waals surface area contributed by atoms with Gasteiger partial charge in [-0.3, -0.25) is 4.79 Å². The van der Waals surface area contributed by atoms with Crippen LogP contribution < -0.4 is 11.1 Å². The molecule has 0 heterocycles. The monoisotopic (exact) mass is 277 g/mol. The second-order valence-electron chi connectivity index (χ2n) is 5.44. The third-order valence-corrected chi connectivity index (χ3v) is 3.53. The summed E-state index contributed by atoms with van der Waals surface area (Å²) in [6.07, 6.45) is 2.09. The molecule has 1 rings (SSSR count). The molecule has 0 saturated carbocycles. The zero-order valence-electron chi connectivity index (χ0n) is 12.9. The van der Waals surface area contributed by atoms with Gasteiger partial charge in [-0.25, -0.2) is 0 Å². The lowest BCUT2D eigenvalue weighted by atomic mass is 10.1. The molecule has 0 fully saturated rings. The molecule has 0 bridgehead atoms. The molecule has 0 radical (unpaired) electrons. The lowest BCUT2D eigenvalue weighted by molar-refractivity contribution is 0.0952. The predicted octanol–water partition coefficient (Wildman–Crippen LogP) is 2.00. The molecule has 3 N–H and O–H groups in total. The highest BCUT2D eigenvalue weighted by Crippen LogP contribution is 2.04. The maximum absolute atomic E-state index is 12.0. The number of carbonyl (C=O) groups is 1. The summed E-state index contributed by atoms with van der Waals surface area (Å²) in [4.78, 5) is 14.3. The summed E-state index contributed by atoms with van der Waals surface area (Å²) in [7, 11) is 2.13. The van der Waals surface area contributed by atoms with E-state index in [0.717, 1.165) is 31.5 Å². The Kier molecular flexibility index (Phi) is 7.26. The molecule has 4 nitrogen and oxygen atoms in total. The van der Waals surface area contributed by atoms with Crippen LogP contribution in [0.15, 0.2) is 24.3 Å². The first kappa shape index (κ1) is 16.7. The lowest BCUT2D eigenvalue weighted by Gasteiger charge is -2.20. The van der Waals surface area contributed by atoms with Crippen molar-refractivity contribution in [3.05, 3.63) is 35.4 Å². The zero-order chi connectivity index (χ0) is 15.0. The second kappa shape index (κ2) is 8.72. The maximum Gasteiger partial charge on any atom is 0.251 e. The van der Waals surface area contributed by atoms with Gasteiger partial charge in [0.05, 0.1) is 0 Å². The number of nitrogens with one attached hydrogen (secondary N) is 1. The fraction of sp³-hybridized carbons (Fsp3) is 0.562. The third-order valence-electron chi connectivity index (χ3n) is 3.53. The van der Waals surface area contributed by atoms with Crippen LogP contribution in [-0.2, 0) is 6.54 Å². The van der Waals surface area contributed by atoms with Crippen LogP contribution >= 0.6 is 0 Å². The summed E-state index contributed by atoms with van der Waals surface area (Å²) in [5.74, 6) is -0.0162. The van der Waals surface area contributed by atoms with Crippen molar-refractivity contribution in [3.8, 4) is 0 Å². The molecule has 1 aromatic carbocycles. The van der Waals surface area contributed by atoms with E-state index in [1.54, 1.807) is 0 Å². The number of rotatable bonds is 8. The van der Waals surface area contributed by atoms with Crippen LogP contribution in [0.3, 0.4) is 0 Å². The average Bonchev–Trinajstić information content (AvgIpc) is 2.46. The molecule has 4 heteroatoms. The molecule has 1 amide bonds. The minimum Gasteiger partial charge on any atom is -0.352 e. The molecule has 0 spiro atoms. The van der Waals surface area contributed by atoms with E-state index in [-0.39, 0.29) is 5.91 Å². The van der Waals surface area contributed by atoms with E-state index in [1.165, 1.54) is 0 Å². The molecule has 0 aromatic heterocycles. The molecule has 0 aliphatic rings. The van der Waals surface area contributed by atoms with Crippen LogP contribution in [0.5, 0.6) is 0 Å². The van der Waals surface area contributed by atoms with Gasteiger partial charge in [0.2, 0.25) is 0 Å². The third kappa shape index (κ3) is 5.72. The average molecular weight is 277 g/mol. The molecule has 1 aromatic rings. The van der Waals surface area contributed by atoms with Gasteiger partial charge in [0.25, 0.3) is 5.91 Å². The Morgan fingerprint density at radius 3 is 2.75 bits per heavy atom. The highest BCUT2D eigenvalue weighted by molar-refractivity contribution is 5.94. The smallest absolute Gasteiger partial charge is 0.251 e. The van der Waals surface area contributed by atoms with Crippen LogP contribution in [0.2, 0.25) is 0 Å². The van der Waals surface area contributed by atoms with Crippen molar-refractivity contribution in [2.45, 2.75) is 39.3 Å². The fourth-order valence-electron chi connectivity index (χ4n) is 1.89. The summed E-state index contributed by atoms with van der Waals surface area (Å²) >= 11 is 0. The molecule has 0 aliphatic heterocycles.